The third-order valence-electron chi connectivity index (χ3n) is 6.66. The number of halogens is 4. The van der Waals surface area contributed by atoms with E-state index in [2.05, 4.69) is 39.2 Å². The molecule has 1 aromatic heterocycles. The molecule has 0 aliphatic carbocycles. The fourth-order valence-electron chi connectivity index (χ4n) is 4.54. The van der Waals surface area contributed by atoms with Crippen LogP contribution in [0.25, 0.3) is 17.1 Å². The highest BCUT2D eigenvalue weighted by molar-refractivity contribution is 8.04. The van der Waals surface area contributed by atoms with Gasteiger partial charge >= 0.3 is 6.36 Å². The first-order valence-corrected chi connectivity index (χ1v) is 15.3. The van der Waals surface area contributed by atoms with Crippen molar-refractivity contribution >= 4 is 58.4 Å². The largest absolute Gasteiger partial charge is 0.573 e. The number of anilines is 1. The molecule has 45 heavy (non-hydrogen) atoms. The molecule has 4 aromatic rings. The lowest BCUT2D eigenvalue weighted by atomic mass is 10.0. The number of carbonyl (C=O) groups is 1. The summed E-state index contributed by atoms with van der Waals surface area (Å²) in [5.74, 6) is 0.555. The summed E-state index contributed by atoms with van der Waals surface area (Å²) in [5, 5.41) is 9.97. The average molecular weight is 671 g/mol. The Labute approximate surface area is 271 Å². The molecule has 0 spiro atoms. The maximum absolute atomic E-state index is 12.8. The van der Waals surface area contributed by atoms with Gasteiger partial charge in [-0.2, -0.15) is 5.10 Å². The van der Waals surface area contributed by atoms with Crippen molar-refractivity contribution in [3.8, 4) is 22.8 Å². The van der Waals surface area contributed by atoms with Gasteiger partial charge in [0.25, 0.3) is 0 Å². The Morgan fingerprint density at radius 2 is 1.91 bits per heavy atom. The van der Waals surface area contributed by atoms with E-state index in [9.17, 15) is 18.0 Å². The van der Waals surface area contributed by atoms with Crippen LogP contribution in [0.2, 0.25) is 5.02 Å². The molecular formula is C31H26ClF3N6O2S2. The number of alkyl halides is 3. The molecule has 0 unspecified atom stereocenters. The first-order valence-electron chi connectivity index (χ1n) is 13.6. The monoisotopic (exact) mass is 670 g/mol. The molecule has 1 saturated heterocycles. The number of hydrogen-bond donors (Lipinski definition) is 1. The Hall–Kier alpha value is -4.20. The normalized spacial score (nSPS) is 14.6. The Balaban J connectivity index is 1.25. The van der Waals surface area contributed by atoms with E-state index in [1.54, 1.807) is 23.3 Å². The van der Waals surface area contributed by atoms with E-state index < -0.39 is 6.36 Å². The van der Waals surface area contributed by atoms with Crippen molar-refractivity contribution in [2.24, 2.45) is 5.10 Å². The summed E-state index contributed by atoms with van der Waals surface area (Å²) < 4.78 is 42.7. The molecule has 3 aromatic carbocycles. The van der Waals surface area contributed by atoms with Crippen LogP contribution < -0.4 is 15.1 Å². The maximum atomic E-state index is 12.8. The summed E-state index contributed by atoms with van der Waals surface area (Å²) in [6.45, 7) is 6.04. The molecule has 2 heterocycles. The lowest BCUT2D eigenvalue weighted by Crippen LogP contribution is -2.26. The van der Waals surface area contributed by atoms with Crippen molar-refractivity contribution in [1.29, 1.82) is 0 Å². The number of hydrogen-bond acceptors (Lipinski definition) is 7. The van der Waals surface area contributed by atoms with Crippen LogP contribution in [0, 0.1) is 6.92 Å². The maximum Gasteiger partial charge on any atom is 0.573 e. The number of thioether (sulfide) groups is 1. The lowest BCUT2D eigenvalue weighted by molar-refractivity contribution is -0.274. The van der Waals surface area contributed by atoms with E-state index in [1.165, 1.54) is 47.0 Å². The van der Waals surface area contributed by atoms with Crippen LogP contribution in [-0.2, 0) is 4.79 Å². The number of thiocarbonyl (C=S) groups is 1. The first kappa shape index (κ1) is 32.2. The van der Waals surface area contributed by atoms with Gasteiger partial charge in [-0.3, -0.25) is 15.1 Å². The van der Waals surface area contributed by atoms with E-state index in [0.717, 1.165) is 27.9 Å². The zero-order valence-corrected chi connectivity index (χ0v) is 26.6. The third-order valence-corrected chi connectivity index (χ3v) is 8.09. The van der Waals surface area contributed by atoms with Gasteiger partial charge in [-0.05, 0) is 72.0 Å². The summed E-state index contributed by atoms with van der Waals surface area (Å²) in [5.41, 5.74) is 7.61. The van der Waals surface area contributed by atoms with Gasteiger partial charge in [0, 0.05) is 16.7 Å². The number of hydrazone groups is 1. The van der Waals surface area contributed by atoms with E-state index in [1.807, 2.05) is 37.3 Å². The van der Waals surface area contributed by atoms with Gasteiger partial charge in [0.2, 0.25) is 5.91 Å². The number of ether oxygens (including phenoxy) is 1. The molecule has 1 N–H and O–H groups in total. The highest BCUT2D eigenvalue weighted by Crippen LogP contribution is 2.39. The van der Waals surface area contributed by atoms with Crippen LogP contribution in [0.1, 0.15) is 36.5 Å². The van der Waals surface area contributed by atoms with E-state index in [4.69, 9.17) is 23.8 Å². The van der Waals surface area contributed by atoms with Crippen LogP contribution in [0.5, 0.6) is 5.75 Å². The molecule has 1 fully saturated rings. The summed E-state index contributed by atoms with van der Waals surface area (Å²) in [7, 11) is 0. The van der Waals surface area contributed by atoms with E-state index >= 15 is 0 Å². The highest BCUT2D eigenvalue weighted by Gasteiger charge is 2.31. The molecule has 0 atom stereocenters. The molecule has 0 bridgehead atoms. The van der Waals surface area contributed by atoms with E-state index in [0.29, 0.717) is 32.3 Å². The SMILES string of the molecule is Cc1cc(-c2ncn(-c3ccc(OC(F)(F)F)cc3)n2)ccc1/C=N/NC(=S)/C=C1\SCC(=O)N1c1cc(Cl)ccc1C(C)C. The second-order valence-corrected chi connectivity index (χ2v) is 12.1. The number of aromatic nitrogens is 3. The number of nitrogens with one attached hydrogen (secondary N) is 1. The van der Waals surface area contributed by atoms with Crippen molar-refractivity contribution in [3.63, 3.8) is 0 Å². The first-order chi connectivity index (χ1) is 21.4. The molecule has 1 aliphatic rings. The minimum Gasteiger partial charge on any atom is -0.406 e. The molecule has 1 aliphatic heterocycles. The molecule has 14 heteroatoms. The summed E-state index contributed by atoms with van der Waals surface area (Å²) >= 11 is 13.2. The minimum atomic E-state index is -4.76. The summed E-state index contributed by atoms with van der Waals surface area (Å²) in [6, 6.07) is 16.5. The van der Waals surface area contributed by atoms with Crippen molar-refractivity contribution in [2.75, 3.05) is 10.7 Å². The fraction of sp³-hybridized carbons (Fsp3) is 0.194. The number of benzene rings is 3. The molecule has 5 rings (SSSR count). The summed E-state index contributed by atoms with van der Waals surface area (Å²) in [4.78, 5) is 19.2. The van der Waals surface area contributed by atoms with Gasteiger partial charge in [-0.25, -0.2) is 9.67 Å². The molecule has 0 radical (unpaired) electrons. The van der Waals surface area contributed by atoms with Gasteiger partial charge < -0.3 is 4.74 Å². The van der Waals surface area contributed by atoms with Gasteiger partial charge in [0.05, 0.1) is 28.4 Å². The molecule has 232 valence electrons. The quantitative estimate of drug-likeness (QED) is 0.0887. The van der Waals surface area contributed by atoms with Gasteiger partial charge in [-0.15, -0.1) is 18.3 Å². The number of carbonyl (C=O) groups excluding carboxylic acids is 1. The molecule has 0 saturated carbocycles. The standard InChI is InChI=1S/C31H26ClF3N6O2S2/c1-18(2)25-11-6-22(32)13-26(25)41-28(42)16-45-29(41)14-27(44)38-37-15-21-5-4-20(12-19(21)3)30-36-17-40(39-30)23-7-9-24(10-8-23)43-31(33,34)35/h4-15,17-18H,16H2,1-3H3,(H,38,44)/b29-14-,37-15+. The number of rotatable bonds is 8. The number of nitrogens with zero attached hydrogens (tertiary/aromatic N) is 5. The zero-order chi connectivity index (χ0) is 32.3. The summed E-state index contributed by atoms with van der Waals surface area (Å²) in [6.07, 6.45) is 0.0675. The Bertz CT molecular complexity index is 1810. The Kier molecular flexibility index (Phi) is 9.61. The zero-order valence-electron chi connectivity index (χ0n) is 24.2. The molecule has 1 amide bonds. The van der Waals surface area contributed by atoms with Gasteiger partial charge in [0.15, 0.2) is 5.82 Å². The predicted molar refractivity (Wildman–Crippen MR) is 175 cm³/mol. The van der Waals surface area contributed by atoms with Crippen LogP contribution >= 0.6 is 35.6 Å². The van der Waals surface area contributed by atoms with Gasteiger partial charge in [0.1, 0.15) is 17.1 Å². The van der Waals surface area contributed by atoms with Crippen LogP contribution in [-0.4, -0.2) is 44.0 Å². The lowest BCUT2D eigenvalue weighted by Gasteiger charge is -2.23. The van der Waals surface area contributed by atoms with Crippen molar-refractivity contribution in [1.82, 2.24) is 20.2 Å². The van der Waals surface area contributed by atoms with Crippen molar-refractivity contribution in [3.05, 3.63) is 99.8 Å². The Morgan fingerprint density at radius 3 is 2.60 bits per heavy atom. The van der Waals surface area contributed by atoms with Crippen molar-refractivity contribution < 1.29 is 22.7 Å². The highest BCUT2D eigenvalue weighted by atomic mass is 35.5. The second kappa shape index (κ2) is 13.4. The number of aryl methyl sites for hydroxylation is 1. The fourth-order valence-corrected chi connectivity index (χ4v) is 5.87. The van der Waals surface area contributed by atoms with E-state index in [-0.39, 0.29) is 17.6 Å². The second-order valence-electron chi connectivity index (χ2n) is 10.2. The molecule has 8 nitrogen and oxygen atoms in total. The average Bonchev–Trinajstić information content (AvgIpc) is 3.60. The van der Waals surface area contributed by atoms with Gasteiger partial charge in [-0.1, -0.05) is 67.6 Å². The Morgan fingerprint density at radius 1 is 1.16 bits per heavy atom. The number of amides is 1. The smallest absolute Gasteiger partial charge is 0.406 e. The van der Waals surface area contributed by atoms with Crippen molar-refractivity contribution in [2.45, 2.75) is 33.1 Å². The predicted octanol–water partition coefficient (Wildman–Crippen LogP) is 7.79. The van der Waals surface area contributed by atoms with Crippen LogP contribution in [0.4, 0.5) is 18.9 Å². The molecular weight excluding hydrogens is 645 g/mol. The topological polar surface area (TPSA) is 84.6 Å². The minimum absolute atomic E-state index is 0.0507. The third kappa shape index (κ3) is 7.91. The van der Waals surface area contributed by atoms with Crippen LogP contribution in [0.3, 0.4) is 0 Å². The van der Waals surface area contributed by atoms with Crippen LogP contribution in [0.15, 0.2) is 83.2 Å².